The van der Waals surface area contributed by atoms with Gasteiger partial charge in [-0.1, -0.05) is 60.7 Å². The van der Waals surface area contributed by atoms with Gasteiger partial charge < -0.3 is 9.55 Å². The molecule has 0 amide bonds. The number of benzene rings is 4. The Labute approximate surface area is 186 Å². The highest BCUT2D eigenvalue weighted by Crippen LogP contribution is 2.37. The van der Waals surface area contributed by atoms with Gasteiger partial charge in [0.2, 0.25) is 0 Å². The van der Waals surface area contributed by atoms with E-state index in [0.29, 0.717) is 0 Å². The largest absolute Gasteiger partial charge is 0.355 e. The van der Waals surface area contributed by atoms with Gasteiger partial charge in [-0.05, 0) is 66.4 Å². The molecule has 2 heteroatoms. The Morgan fingerprint density at radius 2 is 1.31 bits per heavy atom. The quantitative estimate of drug-likeness (QED) is 0.296. The fraction of sp³-hybridized carbons (Fsp3) is 0.0667. The highest BCUT2D eigenvalue weighted by atomic mass is 15.0. The number of aromatic amines is 1. The normalized spacial score (nSPS) is 14.1. The first-order valence-corrected chi connectivity index (χ1v) is 11.3. The molecule has 7 rings (SSSR count). The lowest BCUT2D eigenvalue weighted by atomic mass is 10.0. The summed E-state index contributed by atoms with van der Waals surface area (Å²) in [6, 6.07) is 30.9. The summed E-state index contributed by atoms with van der Waals surface area (Å²) in [4.78, 5) is 3.53. The summed E-state index contributed by atoms with van der Waals surface area (Å²) < 4.78 is 2.41. The minimum atomic E-state index is 1.10. The number of rotatable bonds is 2. The molecular weight excluding hydrogens is 388 g/mol. The SMILES string of the molecule is C1=CC(n2c3ccccc3c3cc(-c4ccc5[nH]c6ccccc6c5c4)ccc32)=CCC1. The second-order valence-corrected chi connectivity index (χ2v) is 8.62. The van der Waals surface area contributed by atoms with Gasteiger partial charge in [-0.3, -0.25) is 0 Å². The van der Waals surface area contributed by atoms with Crippen LogP contribution in [0.4, 0.5) is 0 Å². The van der Waals surface area contributed by atoms with E-state index in [2.05, 4.69) is 113 Å². The molecule has 0 saturated carbocycles. The smallest absolute Gasteiger partial charge is 0.0541 e. The molecule has 0 radical (unpaired) electrons. The molecule has 0 bridgehead atoms. The van der Waals surface area contributed by atoms with E-state index in [4.69, 9.17) is 0 Å². The molecule has 0 saturated heterocycles. The zero-order chi connectivity index (χ0) is 21.1. The molecule has 152 valence electrons. The van der Waals surface area contributed by atoms with E-state index in [0.717, 1.165) is 12.8 Å². The minimum absolute atomic E-state index is 1.10. The van der Waals surface area contributed by atoms with Crippen LogP contribution in [0.2, 0.25) is 0 Å². The molecule has 1 N–H and O–H groups in total. The second kappa shape index (κ2) is 6.73. The number of aromatic nitrogens is 2. The molecular formula is C30H22N2. The summed E-state index contributed by atoms with van der Waals surface area (Å²) in [6.45, 7) is 0. The summed E-state index contributed by atoms with van der Waals surface area (Å²) in [7, 11) is 0. The molecule has 1 aliphatic carbocycles. The molecule has 1 aliphatic rings. The summed E-state index contributed by atoms with van der Waals surface area (Å²) in [5.41, 5.74) is 8.68. The highest BCUT2D eigenvalue weighted by Gasteiger charge is 2.14. The molecule has 2 aromatic heterocycles. The molecule has 2 heterocycles. The lowest BCUT2D eigenvalue weighted by Gasteiger charge is -2.12. The van der Waals surface area contributed by atoms with Crippen LogP contribution in [-0.4, -0.2) is 9.55 Å². The van der Waals surface area contributed by atoms with E-state index in [1.165, 1.54) is 60.4 Å². The fourth-order valence-electron chi connectivity index (χ4n) is 5.22. The van der Waals surface area contributed by atoms with Gasteiger partial charge in [-0.25, -0.2) is 0 Å². The van der Waals surface area contributed by atoms with Crippen LogP contribution in [0.15, 0.2) is 103 Å². The van der Waals surface area contributed by atoms with Gasteiger partial charge in [0.15, 0.2) is 0 Å². The van der Waals surface area contributed by atoms with Crippen molar-refractivity contribution in [2.45, 2.75) is 12.8 Å². The van der Waals surface area contributed by atoms with E-state index in [9.17, 15) is 0 Å². The van der Waals surface area contributed by atoms with Crippen molar-refractivity contribution in [3.8, 4) is 11.1 Å². The molecule has 0 aliphatic heterocycles. The predicted octanol–water partition coefficient (Wildman–Crippen LogP) is 8.29. The van der Waals surface area contributed by atoms with E-state index < -0.39 is 0 Å². The molecule has 2 nitrogen and oxygen atoms in total. The fourth-order valence-corrected chi connectivity index (χ4v) is 5.22. The minimum Gasteiger partial charge on any atom is -0.355 e. The van der Waals surface area contributed by atoms with Crippen LogP contribution in [0.25, 0.3) is 60.4 Å². The number of H-pyrrole nitrogens is 1. The number of nitrogens with zero attached hydrogens (tertiary/aromatic N) is 1. The zero-order valence-electron chi connectivity index (χ0n) is 17.7. The lowest BCUT2D eigenvalue weighted by Crippen LogP contribution is -1.96. The number of hydrogen-bond acceptors (Lipinski definition) is 0. The number of nitrogens with one attached hydrogen (secondary N) is 1. The Hall–Kier alpha value is -4.04. The number of para-hydroxylation sites is 2. The van der Waals surface area contributed by atoms with Crippen LogP contribution in [0.3, 0.4) is 0 Å². The monoisotopic (exact) mass is 410 g/mol. The van der Waals surface area contributed by atoms with Gasteiger partial charge in [0.25, 0.3) is 0 Å². The molecule has 4 aromatic carbocycles. The van der Waals surface area contributed by atoms with Crippen LogP contribution in [0.5, 0.6) is 0 Å². The molecule has 0 fully saturated rings. The highest BCUT2D eigenvalue weighted by molar-refractivity contribution is 6.12. The van der Waals surface area contributed by atoms with Crippen LogP contribution in [-0.2, 0) is 0 Å². The number of allylic oxidation sites excluding steroid dienone is 4. The average molecular weight is 411 g/mol. The van der Waals surface area contributed by atoms with Crippen molar-refractivity contribution in [1.82, 2.24) is 9.55 Å². The van der Waals surface area contributed by atoms with E-state index in [-0.39, 0.29) is 0 Å². The first-order valence-electron chi connectivity index (χ1n) is 11.3. The van der Waals surface area contributed by atoms with Crippen LogP contribution < -0.4 is 0 Å². The summed E-state index contributed by atoms with van der Waals surface area (Å²) in [5.74, 6) is 0. The standard InChI is InChI=1S/C30H22N2/c1-2-8-22(9-3-1)32-29-13-7-5-11-24(29)26-19-21(15-17-30(26)32)20-14-16-28-25(18-20)23-10-4-6-12-27(23)31-28/h2,4-19,31H,1,3H2. The average Bonchev–Trinajstić information content (AvgIpc) is 3.39. The third kappa shape index (κ3) is 2.53. The van der Waals surface area contributed by atoms with Crippen molar-refractivity contribution in [3.05, 3.63) is 103 Å². The number of hydrogen-bond donors (Lipinski definition) is 1. The van der Waals surface area contributed by atoms with Crippen molar-refractivity contribution in [2.75, 3.05) is 0 Å². The Morgan fingerprint density at radius 1 is 0.594 bits per heavy atom. The van der Waals surface area contributed by atoms with Crippen LogP contribution >= 0.6 is 0 Å². The van der Waals surface area contributed by atoms with Gasteiger partial charge in [0, 0.05) is 38.3 Å². The Bertz CT molecular complexity index is 1720. The Balaban J connectivity index is 1.47. The third-order valence-electron chi connectivity index (χ3n) is 6.75. The van der Waals surface area contributed by atoms with E-state index in [1.54, 1.807) is 0 Å². The van der Waals surface area contributed by atoms with Crippen molar-refractivity contribution >= 4 is 49.3 Å². The first-order chi connectivity index (χ1) is 15.9. The lowest BCUT2D eigenvalue weighted by molar-refractivity contribution is 1.02. The Kier molecular flexibility index (Phi) is 3.71. The molecule has 0 spiro atoms. The maximum absolute atomic E-state index is 3.53. The van der Waals surface area contributed by atoms with Crippen molar-refractivity contribution in [3.63, 3.8) is 0 Å². The predicted molar refractivity (Wildman–Crippen MR) is 137 cm³/mol. The Morgan fingerprint density at radius 3 is 2.19 bits per heavy atom. The van der Waals surface area contributed by atoms with Crippen molar-refractivity contribution in [1.29, 1.82) is 0 Å². The summed E-state index contributed by atoms with van der Waals surface area (Å²) in [6.07, 6.45) is 9.11. The van der Waals surface area contributed by atoms with E-state index in [1.807, 2.05) is 0 Å². The van der Waals surface area contributed by atoms with Crippen LogP contribution in [0.1, 0.15) is 12.8 Å². The molecule has 32 heavy (non-hydrogen) atoms. The summed E-state index contributed by atoms with van der Waals surface area (Å²) in [5, 5.41) is 5.16. The maximum atomic E-state index is 3.53. The van der Waals surface area contributed by atoms with Gasteiger partial charge in [-0.15, -0.1) is 0 Å². The first kappa shape index (κ1) is 17.6. The van der Waals surface area contributed by atoms with Crippen molar-refractivity contribution < 1.29 is 0 Å². The third-order valence-corrected chi connectivity index (χ3v) is 6.75. The molecule has 0 atom stereocenters. The van der Waals surface area contributed by atoms with Crippen LogP contribution in [0, 0.1) is 0 Å². The maximum Gasteiger partial charge on any atom is 0.0541 e. The molecule has 0 unspecified atom stereocenters. The number of fused-ring (bicyclic) bond motifs is 6. The topological polar surface area (TPSA) is 20.7 Å². The summed E-state index contributed by atoms with van der Waals surface area (Å²) >= 11 is 0. The van der Waals surface area contributed by atoms with Gasteiger partial charge in [0.05, 0.1) is 11.0 Å². The zero-order valence-corrected chi connectivity index (χ0v) is 17.7. The van der Waals surface area contributed by atoms with E-state index >= 15 is 0 Å². The van der Waals surface area contributed by atoms with Crippen molar-refractivity contribution in [2.24, 2.45) is 0 Å². The molecule has 6 aromatic rings. The van der Waals surface area contributed by atoms with Gasteiger partial charge in [0.1, 0.15) is 0 Å². The van der Waals surface area contributed by atoms with Gasteiger partial charge in [-0.2, -0.15) is 0 Å². The van der Waals surface area contributed by atoms with Gasteiger partial charge >= 0.3 is 0 Å². The second-order valence-electron chi connectivity index (χ2n) is 8.62.